The Morgan fingerprint density at radius 2 is 0.445 bits per heavy atom. The van der Waals surface area contributed by atoms with Crippen LogP contribution in [-0.2, 0) is 60.3 Å². The molecule has 24 aromatic rings. The van der Waals surface area contributed by atoms with Gasteiger partial charge in [0.25, 0.3) is 0 Å². The number of rotatable bonds is 9. The third-order valence-corrected chi connectivity index (χ3v) is 24.2. The van der Waals surface area contributed by atoms with Gasteiger partial charge in [0, 0.05) is 68.9 Å². The van der Waals surface area contributed by atoms with Crippen LogP contribution in [0.3, 0.4) is 0 Å². The molecule has 12 aromatic carbocycles. The summed E-state index contributed by atoms with van der Waals surface area (Å²) in [7, 11) is 0. The quantitative estimate of drug-likeness (QED) is 0.130. The van der Waals surface area contributed by atoms with Crippen molar-refractivity contribution in [1.29, 1.82) is 0 Å². The Balaban J connectivity index is 0.000000131. The molecule has 0 bridgehead atoms. The van der Waals surface area contributed by atoms with E-state index in [2.05, 4.69) is 266 Å². The Morgan fingerprint density at radius 3 is 0.730 bits per heavy atom. The summed E-state index contributed by atoms with van der Waals surface area (Å²) < 4.78 is 7.84. The molecule has 0 saturated carbocycles. The summed E-state index contributed by atoms with van der Waals surface area (Å²) in [6, 6.07) is 162. The van der Waals surface area contributed by atoms with Crippen LogP contribution in [0.4, 0.5) is 0 Å². The predicted molar refractivity (Wildman–Crippen MR) is 559 cm³/mol. The summed E-state index contributed by atoms with van der Waals surface area (Å²) >= 11 is 5.47. The van der Waals surface area contributed by atoms with E-state index in [0.29, 0.717) is 0 Å². The number of aromatic nitrogens is 9. The molecule has 12 aromatic heterocycles. The molecule has 0 fully saturated rings. The van der Waals surface area contributed by atoms with E-state index in [-0.39, 0.29) is 60.3 Å². The molecule has 0 atom stereocenters. The van der Waals surface area contributed by atoms with Gasteiger partial charge in [-0.05, 0) is 187 Å². The maximum atomic E-state index is 4.49. The molecule has 0 aliphatic heterocycles. The fourth-order valence-electron chi connectivity index (χ4n) is 14.1. The molecule has 0 N–H and O–H groups in total. The monoisotopic (exact) mass is 2350 g/mol. The molecule has 0 spiro atoms. The van der Waals surface area contributed by atoms with Crippen LogP contribution in [0, 0.1) is 89.2 Å². The van der Waals surface area contributed by atoms with Crippen molar-refractivity contribution in [3.05, 3.63) is 526 Å². The molecule has 666 valence electrons. The molecular formula is C122H88Ir3N9S3. The minimum atomic E-state index is 0. The SMILES string of the molecule is Cc1ccc(-c2[c-]cc3c(c2)sc2ccccc23)nc1.Cc1ccc(-c2[c-]cc3c(c2)sc2ccccc23)nc1.Cc1ccc(-c2[c-]cc3sc4ccccc4c3c2)nc1.Cc1cccc(-c2[c-]cccc2)n1.Cc1cccc(-c2[c-]cccc2)n1.[Ir+3].[Ir+3].[Ir+3].[c-]1ccccc1-c1ccccn1.[c-]1ccccc1-c1ccccn1.[c-]1ccccc1-c1ccccn1.[c-]1ccccc1-c1ccccn1. The van der Waals surface area contributed by atoms with E-state index in [0.717, 1.165) is 113 Å². The van der Waals surface area contributed by atoms with Crippen molar-refractivity contribution < 1.29 is 60.3 Å². The molecular weight excluding hydrogens is 2260 g/mol. The van der Waals surface area contributed by atoms with Gasteiger partial charge in [-0.15, -0.1) is 287 Å². The Labute approximate surface area is 854 Å². The third-order valence-electron chi connectivity index (χ3n) is 20.8. The largest absolute Gasteiger partial charge is 3.00 e. The van der Waals surface area contributed by atoms with Gasteiger partial charge in [-0.25, -0.2) is 0 Å². The fourth-order valence-corrected chi connectivity index (χ4v) is 17.4. The number of benzene rings is 12. The minimum Gasteiger partial charge on any atom is -0.305 e. The van der Waals surface area contributed by atoms with E-state index in [9.17, 15) is 0 Å². The van der Waals surface area contributed by atoms with E-state index < -0.39 is 0 Å². The maximum Gasteiger partial charge on any atom is 3.00 e. The smallest absolute Gasteiger partial charge is 0.305 e. The zero-order valence-corrected chi connectivity index (χ0v) is 85.0. The van der Waals surface area contributed by atoms with E-state index in [1.54, 1.807) is 24.8 Å². The van der Waals surface area contributed by atoms with Gasteiger partial charge in [-0.3, -0.25) is 0 Å². The first-order valence-corrected chi connectivity index (χ1v) is 46.1. The van der Waals surface area contributed by atoms with Gasteiger partial charge in [0.05, 0.1) is 0 Å². The topological polar surface area (TPSA) is 116 Å². The number of pyridine rings is 9. The maximum absolute atomic E-state index is 4.49. The van der Waals surface area contributed by atoms with Crippen LogP contribution in [0.1, 0.15) is 28.1 Å². The Hall–Kier alpha value is -14.4. The second-order valence-electron chi connectivity index (χ2n) is 30.7. The predicted octanol–water partition coefficient (Wildman–Crippen LogP) is 31.6. The van der Waals surface area contributed by atoms with Crippen LogP contribution in [-0.4, -0.2) is 44.9 Å². The Kier molecular flexibility index (Phi) is 37.9. The third kappa shape index (κ3) is 28.4. The second kappa shape index (κ2) is 51.9. The average molecular weight is 2350 g/mol. The van der Waals surface area contributed by atoms with E-state index >= 15 is 0 Å². The number of hydrogen-bond acceptors (Lipinski definition) is 12. The summed E-state index contributed by atoms with van der Waals surface area (Å²) in [5.74, 6) is 0. The molecule has 12 heterocycles. The van der Waals surface area contributed by atoms with Crippen molar-refractivity contribution in [2.24, 2.45) is 0 Å². The van der Waals surface area contributed by atoms with Crippen LogP contribution in [0.25, 0.3) is 162 Å². The average Bonchev–Trinajstić information content (AvgIpc) is 1.62. The summed E-state index contributed by atoms with van der Waals surface area (Å²) in [6.07, 6.45) is 12.9. The summed E-state index contributed by atoms with van der Waals surface area (Å²) in [6.45, 7) is 10.1. The summed E-state index contributed by atoms with van der Waals surface area (Å²) in [4.78, 5) is 39.2. The van der Waals surface area contributed by atoms with Crippen molar-refractivity contribution in [3.8, 4) is 101 Å². The first-order chi connectivity index (χ1) is 66.0. The van der Waals surface area contributed by atoms with Gasteiger partial charge >= 0.3 is 60.3 Å². The van der Waals surface area contributed by atoms with Crippen molar-refractivity contribution in [1.82, 2.24) is 44.9 Å². The van der Waals surface area contributed by atoms with Gasteiger partial charge in [0.15, 0.2) is 0 Å². The number of nitrogens with zero attached hydrogens (tertiary/aromatic N) is 9. The van der Waals surface area contributed by atoms with Crippen molar-refractivity contribution in [2.75, 3.05) is 0 Å². The van der Waals surface area contributed by atoms with Crippen LogP contribution in [0.5, 0.6) is 0 Å². The molecule has 137 heavy (non-hydrogen) atoms. The van der Waals surface area contributed by atoms with Gasteiger partial charge in [0.2, 0.25) is 0 Å². The standard InChI is InChI=1S/3C18H12NS.2C12H10N.4C11H8N.3Ir/c2*1-12-6-9-16(19-11-12)13-7-8-15-14-4-2-3-5-17(14)20-18(15)10-13;1-12-6-8-16(19-11-12)13-7-9-18-15(10-13)14-4-2-3-5-17(14)20-18;2*1-10-6-5-9-12(13-10)11-7-3-2-4-8-11;4*1-2-6-10(7-3-1)11-8-4-5-9-12-11;;;/h3*2-6,8-11H,1H3;2*2-7,9H,1H3;4*1-6,8-9H;;;/q9*-1;3*+3. The number of thiophene rings is 3. The molecule has 0 radical (unpaired) electrons. The molecule has 9 nitrogen and oxygen atoms in total. The molecule has 24 rings (SSSR count). The van der Waals surface area contributed by atoms with Gasteiger partial charge < -0.3 is 44.9 Å². The second-order valence-corrected chi connectivity index (χ2v) is 33.9. The number of aryl methyl sites for hydroxylation is 5. The van der Waals surface area contributed by atoms with Crippen LogP contribution in [0.15, 0.2) is 444 Å². The Bertz CT molecular complexity index is 7050. The normalized spacial score (nSPS) is 10.2. The van der Waals surface area contributed by atoms with Gasteiger partial charge in [0.1, 0.15) is 0 Å². The van der Waals surface area contributed by atoms with Crippen LogP contribution in [0.2, 0.25) is 0 Å². The van der Waals surface area contributed by atoms with Gasteiger partial charge in [-0.2, -0.15) is 34.0 Å². The zero-order valence-electron chi connectivity index (χ0n) is 75.4. The van der Waals surface area contributed by atoms with Crippen molar-refractivity contribution in [2.45, 2.75) is 34.6 Å². The van der Waals surface area contributed by atoms with E-state index in [4.69, 9.17) is 0 Å². The first-order valence-electron chi connectivity index (χ1n) is 43.6. The van der Waals surface area contributed by atoms with Crippen LogP contribution < -0.4 is 0 Å². The van der Waals surface area contributed by atoms with E-state index in [1.807, 2.05) is 321 Å². The van der Waals surface area contributed by atoms with Crippen molar-refractivity contribution in [3.63, 3.8) is 0 Å². The van der Waals surface area contributed by atoms with Crippen LogP contribution >= 0.6 is 34.0 Å². The number of fused-ring (bicyclic) bond motifs is 9. The fraction of sp³-hybridized carbons (Fsp3) is 0.0410. The molecule has 0 aliphatic carbocycles. The zero-order chi connectivity index (χ0) is 91.7. The molecule has 0 saturated heterocycles. The first kappa shape index (κ1) is 100. The molecule has 0 unspecified atom stereocenters. The Morgan fingerprint density at radius 1 is 0.182 bits per heavy atom. The summed E-state index contributed by atoms with van der Waals surface area (Å²) in [5, 5.41) is 7.79. The summed E-state index contributed by atoms with van der Waals surface area (Å²) in [5.41, 5.74) is 23.8. The molecule has 0 amide bonds. The van der Waals surface area contributed by atoms with Crippen molar-refractivity contribution >= 4 is 94.5 Å². The minimum absolute atomic E-state index is 0. The number of hydrogen-bond donors (Lipinski definition) is 0. The molecule has 15 heteroatoms. The molecule has 0 aliphatic rings. The van der Waals surface area contributed by atoms with Gasteiger partial charge in [-0.1, -0.05) is 180 Å². The van der Waals surface area contributed by atoms with E-state index in [1.165, 1.54) is 77.2 Å².